The zero-order valence-electron chi connectivity index (χ0n) is 22.9. The highest BCUT2D eigenvalue weighted by atomic mass is 32.1. The van der Waals surface area contributed by atoms with Crippen LogP contribution in [0.2, 0.25) is 0 Å². The van der Waals surface area contributed by atoms with Crippen LogP contribution in [0.4, 0.5) is 9.52 Å². The fourth-order valence-electron chi connectivity index (χ4n) is 4.72. The Bertz CT molecular complexity index is 1620. The van der Waals surface area contributed by atoms with Crippen LogP contribution in [0, 0.1) is 5.82 Å². The molecule has 2 heterocycles. The molecule has 40 heavy (non-hydrogen) atoms. The molecule has 1 amide bonds. The van der Waals surface area contributed by atoms with Crippen LogP contribution >= 0.6 is 11.3 Å². The minimum Gasteiger partial charge on any atom is -0.507 e. The number of halogens is 1. The SMILES string of the molecule is CCCCOc1cccc(C(O)=C2C(=O)C(=O)N(c3nc4ccc(F)cc4s3)C2c2ccc(C(C)(C)C)cc2)c1. The molecule has 1 fully saturated rings. The average molecular weight is 559 g/mol. The van der Waals surface area contributed by atoms with Crippen molar-refractivity contribution >= 4 is 44.1 Å². The van der Waals surface area contributed by atoms with Gasteiger partial charge in [-0.2, -0.15) is 0 Å². The molecule has 0 spiro atoms. The smallest absolute Gasteiger partial charge is 0.301 e. The summed E-state index contributed by atoms with van der Waals surface area (Å²) in [6.07, 6.45) is 1.87. The number of hydrogen-bond acceptors (Lipinski definition) is 6. The van der Waals surface area contributed by atoms with Gasteiger partial charge in [0.15, 0.2) is 5.13 Å². The molecule has 8 heteroatoms. The van der Waals surface area contributed by atoms with Crippen LogP contribution in [0.15, 0.2) is 72.3 Å². The van der Waals surface area contributed by atoms with Gasteiger partial charge in [0.2, 0.25) is 0 Å². The van der Waals surface area contributed by atoms with Crippen LogP contribution in [0.1, 0.15) is 63.3 Å². The molecule has 3 aromatic carbocycles. The van der Waals surface area contributed by atoms with Crippen LogP contribution in [0.5, 0.6) is 5.75 Å². The summed E-state index contributed by atoms with van der Waals surface area (Å²) in [5.74, 6) is -1.77. The van der Waals surface area contributed by atoms with E-state index >= 15 is 0 Å². The van der Waals surface area contributed by atoms with Gasteiger partial charge in [0.05, 0.1) is 28.4 Å². The highest BCUT2D eigenvalue weighted by Gasteiger charge is 2.48. The van der Waals surface area contributed by atoms with Gasteiger partial charge >= 0.3 is 5.91 Å². The van der Waals surface area contributed by atoms with Gasteiger partial charge in [-0.05, 0) is 53.3 Å². The van der Waals surface area contributed by atoms with E-state index in [1.165, 1.54) is 17.0 Å². The van der Waals surface area contributed by atoms with Crippen molar-refractivity contribution in [2.75, 3.05) is 11.5 Å². The third-order valence-electron chi connectivity index (χ3n) is 6.96. The van der Waals surface area contributed by atoms with Crippen LogP contribution in [-0.2, 0) is 15.0 Å². The number of fused-ring (bicyclic) bond motifs is 1. The molecule has 1 saturated heterocycles. The Morgan fingerprint density at radius 1 is 1.07 bits per heavy atom. The van der Waals surface area contributed by atoms with Gasteiger partial charge in [0.25, 0.3) is 5.78 Å². The van der Waals surface area contributed by atoms with Crippen molar-refractivity contribution in [2.24, 2.45) is 0 Å². The van der Waals surface area contributed by atoms with Crippen molar-refractivity contribution in [2.45, 2.75) is 52.0 Å². The highest BCUT2D eigenvalue weighted by Crippen LogP contribution is 2.45. The first kappa shape index (κ1) is 27.5. The molecule has 1 N–H and O–H groups in total. The Hall–Kier alpha value is -4.04. The summed E-state index contributed by atoms with van der Waals surface area (Å²) >= 11 is 1.12. The summed E-state index contributed by atoms with van der Waals surface area (Å²) in [6.45, 7) is 8.90. The van der Waals surface area contributed by atoms with E-state index in [9.17, 15) is 19.1 Å². The number of aliphatic hydroxyl groups is 1. The van der Waals surface area contributed by atoms with Gasteiger partial charge in [-0.1, -0.05) is 81.9 Å². The zero-order valence-corrected chi connectivity index (χ0v) is 23.7. The van der Waals surface area contributed by atoms with Crippen LogP contribution in [0.3, 0.4) is 0 Å². The van der Waals surface area contributed by atoms with Gasteiger partial charge in [0, 0.05) is 5.56 Å². The number of ketones is 1. The minimum atomic E-state index is -0.927. The summed E-state index contributed by atoms with van der Waals surface area (Å²) in [5, 5.41) is 11.8. The molecule has 4 aromatic rings. The molecule has 0 aliphatic carbocycles. The molecule has 0 saturated carbocycles. The third-order valence-corrected chi connectivity index (χ3v) is 7.97. The van der Waals surface area contributed by atoms with Crippen molar-refractivity contribution < 1.29 is 23.8 Å². The van der Waals surface area contributed by atoms with E-state index in [0.717, 1.165) is 29.7 Å². The number of benzene rings is 3. The van der Waals surface area contributed by atoms with Crippen LogP contribution in [0.25, 0.3) is 16.0 Å². The summed E-state index contributed by atoms with van der Waals surface area (Å²) < 4.78 is 20.3. The summed E-state index contributed by atoms with van der Waals surface area (Å²) in [4.78, 5) is 33.0. The first-order chi connectivity index (χ1) is 19.1. The predicted molar refractivity (Wildman–Crippen MR) is 156 cm³/mol. The molecular formula is C32H31FN2O4S. The number of carbonyl (C=O) groups excluding carboxylic acids is 2. The van der Waals surface area contributed by atoms with E-state index in [4.69, 9.17) is 4.74 Å². The lowest BCUT2D eigenvalue weighted by atomic mass is 9.85. The monoisotopic (exact) mass is 558 g/mol. The number of rotatable bonds is 7. The molecular weight excluding hydrogens is 527 g/mol. The number of thiazole rings is 1. The maximum Gasteiger partial charge on any atom is 0.301 e. The lowest BCUT2D eigenvalue weighted by Gasteiger charge is -2.24. The molecule has 5 rings (SSSR count). The number of amides is 1. The Morgan fingerprint density at radius 3 is 2.52 bits per heavy atom. The number of hydrogen-bond donors (Lipinski definition) is 1. The first-order valence-electron chi connectivity index (χ1n) is 13.3. The summed E-state index contributed by atoms with van der Waals surface area (Å²) in [6, 6.07) is 17.8. The van der Waals surface area contributed by atoms with E-state index in [2.05, 4.69) is 32.7 Å². The minimum absolute atomic E-state index is 0.0374. The number of carbonyl (C=O) groups is 2. The van der Waals surface area contributed by atoms with E-state index in [0.29, 0.717) is 33.7 Å². The quantitative estimate of drug-likeness (QED) is 0.110. The Kier molecular flexibility index (Phi) is 7.47. The number of Topliss-reactive ketones (excluding diaryl/α,β-unsaturated/α-hetero) is 1. The molecule has 1 aromatic heterocycles. The Morgan fingerprint density at radius 2 is 1.82 bits per heavy atom. The molecule has 0 bridgehead atoms. The van der Waals surface area contributed by atoms with E-state index in [-0.39, 0.29) is 21.9 Å². The number of anilines is 1. The largest absolute Gasteiger partial charge is 0.507 e. The van der Waals surface area contributed by atoms with E-state index < -0.39 is 23.5 Å². The number of aromatic nitrogens is 1. The second kappa shape index (κ2) is 10.8. The second-order valence-corrected chi connectivity index (χ2v) is 11.9. The molecule has 1 atom stereocenters. The Labute approximate surface area is 236 Å². The first-order valence-corrected chi connectivity index (χ1v) is 14.1. The fraction of sp³-hybridized carbons (Fsp3) is 0.281. The van der Waals surface area contributed by atoms with Crippen molar-refractivity contribution in [1.29, 1.82) is 0 Å². The average Bonchev–Trinajstić information content (AvgIpc) is 3.45. The lowest BCUT2D eigenvalue weighted by molar-refractivity contribution is -0.132. The number of nitrogens with zero attached hydrogens (tertiary/aromatic N) is 2. The molecule has 0 radical (unpaired) electrons. The van der Waals surface area contributed by atoms with Crippen LogP contribution in [-0.4, -0.2) is 28.4 Å². The van der Waals surface area contributed by atoms with Crippen molar-refractivity contribution in [3.63, 3.8) is 0 Å². The van der Waals surface area contributed by atoms with E-state index in [1.807, 2.05) is 24.3 Å². The van der Waals surface area contributed by atoms with Crippen LogP contribution < -0.4 is 9.64 Å². The summed E-state index contributed by atoms with van der Waals surface area (Å²) in [5.41, 5.74) is 2.48. The zero-order chi connectivity index (χ0) is 28.6. The molecule has 1 unspecified atom stereocenters. The molecule has 6 nitrogen and oxygen atoms in total. The van der Waals surface area contributed by atoms with Crippen molar-refractivity contribution in [3.05, 3.63) is 94.8 Å². The molecule has 206 valence electrons. The van der Waals surface area contributed by atoms with Gasteiger partial charge in [-0.3, -0.25) is 14.5 Å². The lowest BCUT2D eigenvalue weighted by Crippen LogP contribution is -2.29. The predicted octanol–water partition coefficient (Wildman–Crippen LogP) is 7.54. The maximum absolute atomic E-state index is 13.9. The topological polar surface area (TPSA) is 79.7 Å². The second-order valence-electron chi connectivity index (χ2n) is 10.9. The fourth-order valence-corrected chi connectivity index (χ4v) is 5.74. The highest BCUT2D eigenvalue weighted by molar-refractivity contribution is 7.22. The maximum atomic E-state index is 13.9. The number of ether oxygens (including phenoxy) is 1. The van der Waals surface area contributed by atoms with Crippen molar-refractivity contribution in [3.8, 4) is 5.75 Å². The standard InChI is InChI=1S/C32H31FN2O4S/c1-5-6-16-39-23-9-7-8-20(17-23)28(36)26-27(19-10-12-21(13-11-19)32(2,3)4)35(30(38)29(26)37)31-34-24-15-14-22(33)18-25(24)40-31/h7-15,17-18,27,36H,5-6,16H2,1-4H3. The van der Waals surface area contributed by atoms with Gasteiger partial charge in [-0.15, -0.1) is 0 Å². The normalized spacial score (nSPS) is 17.1. The van der Waals surface area contributed by atoms with Gasteiger partial charge < -0.3 is 9.84 Å². The number of unbranched alkanes of at least 4 members (excludes halogenated alkanes) is 1. The van der Waals surface area contributed by atoms with Crippen molar-refractivity contribution in [1.82, 2.24) is 4.98 Å². The molecule has 1 aliphatic heterocycles. The Balaban J connectivity index is 1.65. The van der Waals surface area contributed by atoms with Gasteiger partial charge in [0.1, 0.15) is 17.3 Å². The van der Waals surface area contributed by atoms with Gasteiger partial charge in [-0.25, -0.2) is 9.37 Å². The summed E-state index contributed by atoms with van der Waals surface area (Å²) in [7, 11) is 0. The third kappa shape index (κ3) is 5.23. The number of aliphatic hydroxyl groups excluding tert-OH is 1. The molecule has 1 aliphatic rings. The van der Waals surface area contributed by atoms with E-state index in [1.54, 1.807) is 30.3 Å².